The maximum absolute atomic E-state index is 11.8. The van der Waals surface area contributed by atoms with Crippen LogP contribution in [-0.2, 0) is 19.4 Å². The molecule has 0 spiro atoms. The molecule has 2 amide bonds. The third-order valence-electron chi connectivity index (χ3n) is 3.31. The SMILES string of the molecule is CCCC1C(=O)NCC(=O)N1CCS(=O)(=O)C(C)C. The van der Waals surface area contributed by atoms with Crippen molar-refractivity contribution in [2.24, 2.45) is 0 Å². The highest BCUT2D eigenvalue weighted by Crippen LogP contribution is 2.13. The fourth-order valence-electron chi connectivity index (χ4n) is 2.00. The van der Waals surface area contributed by atoms with Gasteiger partial charge in [0.1, 0.15) is 6.04 Å². The van der Waals surface area contributed by atoms with E-state index in [4.69, 9.17) is 0 Å². The molecule has 110 valence electrons. The molecule has 0 aromatic heterocycles. The minimum Gasteiger partial charge on any atom is -0.345 e. The standard InChI is InChI=1S/C12H22N2O4S/c1-4-5-10-12(16)13-8-11(15)14(10)6-7-19(17,18)9(2)3/h9-10H,4-8H2,1-3H3,(H,13,16). The molecule has 6 nitrogen and oxygen atoms in total. The number of rotatable bonds is 6. The highest BCUT2D eigenvalue weighted by Gasteiger charge is 2.34. The molecular weight excluding hydrogens is 268 g/mol. The molecule has 7 heteroatoms. The lowest BCUT2D eigenvalue weighted by Gasteiger charge is -2.34. The van der Waals surface area contributed by atoms with E-state index in [1.165, 1.54) is 4.90 Å². The largest absolute Gasteiger partial charge is 0.345 e. The summed E-state index contributed by atoms with van der Waals surface area (Å²) < 4.78 is 23.6. The summed E-state index contributed by atoms with van der Waals surface area (Å²) in [6.07, 6.45) is 1.32. The van der Waals surface area contributed by atoms with Crippen molar-refractivity contribution in [3.63, 3.8) is 0 Å². The Labute approximate surface area is 114 Å². The molecule has 1 rings (SSSR count). The Hall–Kier alpha value is -1.11. The van der Waals surface area contributed by atoms with Crippen molar-refractivity contribution in [3.8, 4) is 0 Å². The van der Waals surface area contributed by atoms with E-state index in [9.17, 15) is 18.0 Å². The molecule has 0 radical (unpaired) electrons. The summed E-state index contributed by atoms with van der Waals surface area (Å²) in [6, 6.07) is -0.534. The van der Waals surface area contributed by atoms with Crippen LogP contribution >= 0.6 is 0 Å². The van der Waals surface area contributed by atoms with Gasteiger partial charge in [-0.05, 0) is 20.3 Å². The summed E-state index contributed by atoms with van der Waals surface area (Å²) in [6.45, 7) is 5.21. The maximum Gasteiger partial charge on any atom is 0.243 e. The van der Waals surface area contributed by atoms with Crippen molar-refractivity contribution < 1.29 is 18.0 Å². The highest BCUT2D eigenvalue weighted by atomic mass is 32.2. The monoisotopic (exact) mass is 290 g/mol. The van der Waals surface area contributed by atoms with Crippen LogP contribution in [0.2, 0.25) is 0 Å². The van der Waals surface area contributed by atoms with Gasteiger partial charge in [0, 0.05) is 6.54 Å². The van der Waals surface area contributed by atoms with Gasteiger partial charge in [-0.25, -0.2) is 8.42 Å². The molecular formula is C12H22N2O4S. The fraction of sp³-hybridized carbons (Fsp3) is 0.833. The Morgan fingerprint density at radius 3 is 2.53 bits per heavy atom. The topological polar surface area (TPSA) is 83.6 Å². The van der Waals surface area contributed by atoms with Gasteiger partial charge in [-0.3, -0.25) is 9.59 Å². The maximum atomic E-state index is 11.8. The molecule has 1 heterocycles. The zero-order chi connectivity index (χ0) is 14.6. The lowest BCUT2D eigenvalue weighted by molar-refractivity contribution is -0.145. The van der Waals surface area contributed by atoms with Crippen molar-refractivity contribution in [1.29, 1.82) is 0 Å². The van der Waals surface area contributed by atoms with Gasteiger partial charge in [0.15, 0.2) is 9.84 Å². The van der Waals surface area contributed by atoms with Crippen LogP contribution in [0.1, 0.15) is 33.6 Å². The third kappa shape index (κ3) is 3.92. The van der Waals surface area contributed by atoms with Gasteiger partial charge in [0.2, 0.25) is 11.8 Å². The molecule has 0 aromatic carbocycles. The number of sulfone groups is 1. The molecule has 1 N–H and O–H groups in total. The normalized spacial score (nSPS) is 20.8. The average molecular weight is 290 g/mol. The summed E-state index contributed by atoms with van der Waals surface area (Å²) in [4.78, 5) is 25.0. The molecule has 0 aliphatic carbocycles. The Morgan fingerprint density at radius 1 is 1.37 bits per heavy atom. The second kappa shape index (κ2) is 6.36. The van der Waals surface area contributed by atoms with Gasteiger partial charge in [0.25, 0.3) is 0 Å². The van der Waals surface area contributed by atoms with E-state index in [2.05, 4.69) is 5.32 Å². The van der Waals surface area contributed by atoms with E-state index < -0.39 is 21.1 Å². The lowest BCUT2D eigenvalue weighted by atomic mass is 10.1. The zero-order valence-electron chi connectivity index (χ0n) is 11.7. The van der Waals surface area contributed by atoms with Crippen LogP contribution in [0.3, 0.4) is 0 Å². The molecule has 1 atom stereocenters. The molecule has 1 unspecified atom stereocenters. The molecule has 1 saturated heterocycles. The molecule has 19 heavy (non-hydrogen) atoms. The molecule has 1 aliphatic rings. The predicted octanol–water partition coefficient (Wildman–Crippen LogP) is -0.0633. The minimum atomic E-state index is -3.20. The summed E-state index contributed by atoms with van der Waals surface area (Å²) in [5.74, 6) is -0.496. The van der Waals surface area contributed by atoms with Crippen molar-refractivity contribution in [1.82, 2.24) is 10.2 Å². The number of carbonyl (C=O) groups is 2. The first-order chi connectivity index (χ1) is 8.79. The quantitative estimate of drug-likeness (QED) is 0.742. The summed E-state index contributed by atoms with van der Waals surface area (Å²) >= 11 is 0. The second-order valence-corrected chi connectivity index (χ2v) is 7.70. The van der Waals surface area contributed by atoms with Gasteiger partial charge < -0.3 is 10.2 Å². The van der Waals surface area contributed by atoms with Crippen molar-refractivity contribution in [2.75, 3.05) is 18.8 Å². The van der Waals surface area contributed by atoms with Crippen molar-refractivity contribution >= 4 is 21.7 Å². The molecule has 1 fully saturated rings. The van der Waals surface area contributed by atoms with Crippen LogP contribution in [0.5, 0.6) is 0 Å². The number of piperazine rings is 1. The van der Waals surface area contributed by atoms with E-state index in [0.717, 1.165) is 6.42 Å². The first-order valence-electron chi connectivity index (χ1n) is 6.58. The first kappa shape index (κ1) is 15.9. The lowest BCUT2D eigenvalue weighted by Crippen LogP contribution is -2.59. The van der Waals surface area contributed by atoms with Crippen molar-refractivity contribution in [3.05, 3.63) is 0 Å². The van der Waals surface area contributed by atoms with Crippen LogP contribution in [0.4, 0.5) is 0 Å². The Balaban J connectivity index is 2.77. The predicted molar refractivity (Wildman–Crippen MR) is 72.3 cm³/mol. The zero-order valence-corrected chi connectivity index (χ0v) is 12.5. The fourth-order valence-corrected chi connectivity index (χ4v) is 2.92. The van der Waals surface area contributed by atoms with E-state index in [1.807, 2.05) is 6.92 Å². The number of amides is 2. The third-order valence-corrected chi connectivity index (χ3v) is 5.50. The smallest absolute Gasteiger partial charge is 0.243 e. The highest BCUT2D eigenvalue weighted by molar-refractivity contribution is 7.92. The minimum absolute atomic E-state index is 0.0409. The van der Waals surface area contributed by atoms with Gasteiger partial charge in [-0.1, -0.05) is 13.3 Å². The van der Waals surface area contributed by atoms with E-state index >= 15 is 0 Å². The first-order valence-corrected chi connectivity index (χ1v) is 8.30. The molecule has 0 aromatic rings. The molecule has 1 aliphatic heterocycles. The Bertz CT molecular complexity index is 445. The van der Waals surface area contributed by atoms with Crippen LogP contribution in [-0.4, -0.2) is 55.3 Å². The Morgan fingerprint density at radius 2 is 2.00 bits per heavy atom. The van der Waals surface area contributed by atoms with Crippen LogP contribution in [0.15, 0.2) is 0 Å². The van der Waals surface area contributed by atoms with Gasteiger partial charge >= 0.3 is 0 Å². The molecule has 0 bridgehead atoms. The van der Waals surface area contributed by atoms with E-state index in [1.54, 1.807) is 13.8 Å². The number of nitrogens with one attached hydrogen (secondary N) is 1. The summed E-state index contributed by atoms with van der Waals surface area (Å²) in [5, 5.41) is 2.07. The van der Waals surface area contributed by atoms with Crippen molar-refractivity contribution in [2.45, 2.75) is 44.9 Å². The summed E-state index contributed by atoms with van der Waals surface area (Å²) in [5.41, 5.74) is 0. The number of nitrogens with zero attached hydrogens (tertiary/aromatic N) is 1. The van der Waals surface area contributed by atoms with Gasteiger partial charge in [-0.15, -0.1) is 0 Å². The van der Waals surface area contributed by atoms with Crippen LogP contribution in [0.25, 0.3) is 0 Å². The second-order valence-electron chi connectivity index (χ2n) is 5.03. The average Bonchev–Trinajstić information content (AvgIpc) is 2.33. The Kier molecular flexibility index (Phi) is 5.34. The number of hydrogen-bond acceptors (Lipinski definition) is 4. The van der Waals surface area contributed by atoms with Crippen LogP contribution < -0.4 is 5.32 Å². The number of hydrogen-bond donors (Lipinski definition) is 1. The van der Waals surface area contributed by atoms with Crippen LogP contribution in [0, 0.1) is 0 Å². The summed E-state index contributed by atoms with van der Waals surface area (Å²) in [7, 11) is -3.20. The molecule has 0 saturated carbocycles. The van der Waals surface area contributed by atoms with Gasteiger partial charge in [-0.2, -0.15) is 0 Å². The number of carbonyl (C=O) groups excluding carboxylic acids is 2. The van der Waals surface area contributed by atoms with E-state index in [0.29, 0.717) is 6.42 Å². The van der Waals surface area contributed by atoms with Gasteiger partial charge in [0.05, 0.1) is 17.5 Å². The van der Waals surface area contributed by atoms with E-state index in [-0.39, 0.29) is 30.7 Å².